The summed E-state index contributed by atoms with van der Waals surface area (Å²) in [6.07, 6.45) is -15.9. The molecule has 0 saturated heterocycles. The number of anilines is 1. The predicted octanol–water partition coefficient (Wildman–Crippen LogP) is 8.51. The summed E-state index contributed by atoms with van der Waals surface area (Å²) in [6, 6.07) is 4.64. The number of amides is 1. The molecule has 1 aromatic heterocycles. The average molecular weight is 708 g/mol. The van der Waals surface area contributed by atoms with Crippen molar-refractivity contribution >= 4 is 40.8 Å². The van der Waals surface area contributed by atoms with Gasteiger partial charge < -0.3 is 4.84 Å². The maximum absolute atomic E-state index is 14.4. The van der Waals surface area contributed by atoms with Crippen molar-refractivity contribution in [1.29, 1.82) is 0 Å². The van der Waals surface area contributed by atoms with Crippen LogP contribution in [0.15, 0.2) is 35.5 Å². The van der Waals surface area contributed by atoms with Crippen molar-refractivity contribution in [3.05, 3.63) is 74.3 Å². The topological polar surface area (TPSA) is 72.6 Å². The standard InChI is InChI=1S/C27H21Cl2F10N5O2/c1-12(2)21-40-23(41-44(21)11-26(34,35)36)43(10-25(31,32)33)22(45)16-5-4-14(6-13(16)3)19-9-24(46-42-19,27(37,38)39)15-7-17(28)20(30)18(29)8-15/h4-8,12H,9-11H2,1-3H3. The van der Waals surface area contributed by atoms with E-state index in [0.29, 0.717) is 16.8 Å². The number of halogens is 12. The number of oxime groups is 1. The molecule has 19 heteroatoms. The van der Waals surface area contributed by atoms with Crippen LogP contribution in [0.25, 0.3) is 0 Å². The molecule has 0 spiro atoms. The number of alkyl halides is 9. The lowest BCUT2D eigenvalue weighted by Crippen LogP contribution is -2.42. The fourth-order valence-electron chi connectivity index (χ4n) is 4.66. The van der Waals surface area contributed by atoms with Crippen LogP contribution in [-0.2, 0) is 17.0 Å². The maximum atomic E-state index is 14.4. The van der Waals surface area contributed by atoms with Gasteiger partial charge in [-0.2, -0.15) is 44.5 Å². The molecule has 1 atom stereocenters. The molecule has 2 heterocycles. The first-order valence-electron chi connectivity index (χ1n) is 13.0. The highest BCUT2D eigenvalue weighted by Crippen LogP contribution is 2.50. The summed E-state index contributed by atoms with van der Waals surface area (Å²) < 4.78 is 137. The molecule has 1 unspecified atom stereocenters. The molecule has 0 aliphatic carbocycles. The van der Waals surface area contributed by atoms with Crippen molar-refractivity contribution in [2.75, 3.05) is 11.4 Å². The third-order valence-corrected chi connectivity index (χ3v) is 7.33. The molecule has 250 valence electrons. The largest absolute Gasteiger partial charge is 0.435 e. The third-order valence-electron chi connectivity index (χ3n) is 6.78. The van der Waals surface area contributed by atoms with E-state index in [1.165, 1.54) is 20.8 Å². The van der Waals surface area contributed by atoms with Crippen LogP contribution in [0.4, 0.5) is 49.9 Å². The second kappa shape index (κ2) is 12.2. The van der Waals surface area contributed by atoms with Crippen molar-refractivity contribution < 1.29 is 53.5 Å². The Morgan fingerprint density at radius 2 is 1.63 bits per heavy atom. The normalized spacial score (nSPS) is 17.3. The van der Waals surface area contributed by atoms with Gasteiger partial charge in [0.15, 0.2) is 5.82 Å². The number of rotatable bonds is 7. The SMILES string of the molecule is Cc1cc(C2=NOC(c3cc(Cl)c(F)c(Cl)c3)(C(F)(F)F)C2)ccc1C(=O)N(CC(F)(F)F)c1nc(C(C)C)n(CC(F)(F)F)n1. The lowest BCUT2D eigenvalue weighted by molar-refractivity contribution is -0.275. The van der Waals surface area contributed by atoms with Gasteiger partial charge in [0.25, 0.3) is 17.5 Å². The highest BCUT2D eigenvalue weighted by atomic mass is 35.5. The van der Waals surface area contributed by atoms with Gasteiger partial charge in [0.1, 0.15) is 18.9 Å². The summed E-state index contributed by atoms with van der Waals surface area (Å²) in [5.41, 5.74) is -4.52. The molecule has 1 aliphatic rings. The Morgan fingerprint density at radius 1 is 1.02 bits per heavy atom. The molecule has 7 nitrogen and oxygen atoms in total. The van der Waals surface area contributed by atoms with Crippen LogP contribution in [0.1, 0.15) is 59.1 Å². The van der Waals surface area contributed by atoms with Crippen molar-refractivity contribution in [3.8, 4) is 0 Å². The minimum Gasteiger partial charge on any atom is -0.374 e. The Bertz CT molecular complexity index is 1660. The summed E-state index contributed by atoms with van der Waals surface area (Å²) >= 11 is 11.4. The summed E-state index contributed by atoms with van der Waals surface area (Å²) in [6.45, 7) is 0.501. The fourth-order valence-corrected chi connectivity index (χ4v) is 5.14. The lowest BCUT2D eigenvalue weighted by atomic mass is 9.86. The molecule has 0 radical (unpaired) electrons. The Labute approximate surface area is 263 Å². The Kier molecular flexibility index (Phi) is 9.36. The van der Waals surface area contributed by atoms with E-state index in [1.807, 2.05) is 0 Å². The van der Waals surface area contributed by atoms with Crippen molar-refractivity contribution in [3.63, 3.8) is 0 Å². The zero-order valence-electron chi connectivity index (χ0n) is 23.7. The van der Waals surface area contributed by atoms with Gasteiger partial charge in [-0.05, 0) is 42.3 Å². The van der Waals surface area contributed by atoms with Gasteiger partial charge in [-0.15, -0.1) is 5.10 Å². The number of hydrogen-bond donors (Lipinski definition) is 0. The molecule has 0 N–H and O–H groups in total. The molecular formula is C27H21Cl2F10N5O2. The Hall–Kier alpha value is -3.60. The third kappa shape index (κ3) is 7.19. The molecular weight excluding hydrogens is 687 g/mol. The Morgan fingerprint density at radius 3 is 2.13 bits per heavy atom. The van der Waals surface area contributed by atoms with E-state index in [0.717, 1.165) is 18.2 Å². The number of carbonyl (C=O) groups is 1. The van der Waals surface area contributed by atoms with Gasteiger partial charge in [-0.25, -0.2) is 9.07 Å². The first kappa shape index (κ1) is 35.3. The van der Waals surface area contributed by atoms with Gasteiger partial charge >= 0.3 is 18.5 Å². The number of nitrogens with zero attached hydrogens (tertiary/aromatic N) is 5. The number of benzene rings is 2. The molecule has 0 saturated carbocycles. The van der Waals surface area contributed by atoms with Crippen LogP contribution in [-0.4, -0.2) is 51.5 Å². The quantitative estimate of drug-likeness (QED) is 0.182. The summed E-state index contributed by atoms with van der Waals surface area (Å²) in [5, 5.41) is 5.69. The first-order valence-corrected chi connectivity index (χ1v) is 13.8. The van der Waals surface area contributed by atoms with E-state index in [1.54, 1.807) is 0 Å². The van der Waals surface area contributed by atoms with Gasteiger partial charge in [0, 0.05) is 23.5 Å². The van der Waals surface area contributed by atoms with Crippen LogP contribution in [0, 0.1) is 12.7 Å². The molecule has 4 rings (SSSR count). The summed E-state index contributed by atoms with van der Waals surface area (Å²) in [7, 11) is 0. The van der Waals surface area contributed by atoms with Crippen LogP contribution in [0.5, 0.6) is 0 Å². The summed E-state index contributed by atoms with van der Waals surface area (Å²) in [4.78, 5) is 22.1. The van der Waals surface area contributed by atoms with E-state index < -0.39 is 82.8 Å². The van der Waals surface area contributed by atoms with Gasteiger partial charge in [0.2, 0.25) is 0 Å². The van der Waals surface area contributed by atoms with Gasteiger partial charge in [-0.3, -0.25) is 9.69 Å². The van der Waals surface area contributed by atoms with Gasteiger partial charge in [-0.1, -0.05) is 48.3 Å². The number of carbonyl (C=O) groups excluding carboxylic acids is 1. The molecule has 1 aliphatic heterocycles. The van der Waals surface area contributed by atoms with Crippen LogP contribution < -0.4 is 4.90 Å². The van der Waals surface area contributed by atoms with Crippen molar-refractivity contribution in [2.24, 2.45) is 5.16 Å². The van der Waals surface area contributed by atoms with Crippen LogP contribution in [0.2, 0.25) is 10.0 Å². The highest BCUT2D eigenvalue weighted by Gasteiger charge is 2.62. The van der Waals surface area contributed by atoms with Gasteiger partial charge in [0.05, 0.1) is 15.8 Å². The van der Waals surface area contributed by atoms with Crippen LogP contribution >= 0.6 is 23.2 Å². The molecule has 1 amide bonds. The molecule has 2 aromatic carbocycles. The Balaban J connectivity index is 1.70. The second-order valence-electron chi connectivity index (χ2n) is 10.6. The molecule has 3 aromatic rings. The van der Waals surface area contributed by atoms with E-state index in [-0.39, 0.29) is 33.1 Å². The first-order chi connectivity index (χ1) is 21.0. The molecule has 46 heavy (non-hydrogen) atoms. The number of hydrogen-bond acceptors (Lipinski definition) is 5. The maximum Gasteiger partial charge on any atom is 0.435 e. The van der Waals surface area contributed by atoms with E-state index in [4.69, 9.17) is 28.0 Å². The minimum absolute atomic E-state index is 0.0171. The molecule has 0 fully saturated rings. The number of aryl methyl sites for hydroxylation is 1. The van der Waals surface area contributed by atoms with Crippen LogP contribution in [0.3, 0.4) is 0 Å². The zero-order chi connectivity index (χ0) is 34.6. The zero-order valence-corrected chi connectivity index (χ0v) is 25.2. The molecule has 0 bridgehead atoms. The van der Waals surface area contributed by atoms with E-state index >= 15 is 0 Å². The fraction of sp³-hybridized carbons (Fsp3) is 0.407. The highest BCUT2D eigenvalue weighted by molar-refractivity contribution is 6.35. The lowest BCUT2D eigenvalue weighted by Gasteiger charge is -2.29. The van der Waals surface area contributed by atoms with E-state index in [9.17, 15) is 48.7 Å². The van der Waals surface area contributed by atoms with Crippen molar-refractivity contribution in [1.82, 2.24) is 14.8 Å². The minimum atomic E-state index is -5.12. The average Bonchev–Trinajstić information content (AvgIpc) is 3.54. The smallest absolute Gasteiger partial charge is 0.374 e. The summed E-state index contributed by atoms with van der Waals surface area (Å²) in [5.74, 6) is -4.46. The van der Waals surface area contributed by atoms with Crippen molar-refractivity contribution in [2.45, 2.75) is 63.8 Å². The second-order valence-corrected chi connectivity index (χ2v) is 11.4. The van der Waals surface area contributed by atoms with E-state index in [2.05, 4.69) is 15.2 Å². The predicted molar refractivity (Wildman–Crippen MR) is 145 cm³/mol. The monoisotopic (exact) mass is 707 g/mol. The number of aromatic nitrogens is 3.